The van der Waals surface area contributed by atoms with Gasteiger partial charge in [0, 0.05) is 44.5 Å². The van der Waals surface area contributed by atoms with Crippen molar-refractivity contribution in [1.82, 2.24) is 0 Å². The third-order valence-corrected chi connectivity index (χ3v) is 0. The molecule has 0 aromatic rings. The van der Waals surface area contributed by atoms with Crippen molar-refractivity contribution in [3.63, 3.8) is 0 Å². The van der Waals surface area contributed by atoms with Gasteiger partial charge in [0.1, 0.15) is 0 Å². The quantitative estimate of drug-likeness (QED) is 0.403. The fourth-order valence-electron chi connectivity index (χ4n) is 0. The van der Waals surface area contributed by atoms with E-state index in [9.17, 15) is 0 Å². The molecule has 0 aromatic heterocycles. The van der Waals surface area contributed by atoms with Gasteiger partial charge in [0.2, 0.25) is 0 Å². The van der Waals surface area contributed by atoms with Crippen LogP contribution in [0.4, 0.5) is 0 Å². The largest absolute Gasteiger partial charge is 0.316 e. The van der Waals surface area contributed by atoms with E-state index in [1.807, 2.05) is 0 Å². The SMILES string of the molecule is [Cu].[MgH2].[Ni].[Si]. The van der Waals surface area contributed by atoms with Crippen LogP contribution in [0.5, 0.6) is 0 Å². The summed E-state index contributed by atoms with van der Waals surface area (Å²) in [6.07, 6.45) is 0. The standard InChI is InChI=1S/Cu.Mg.Ni.Si.2H. The van der Waals surface area contributed by atoms with Crippen molar-refractivity contribution in [1.29, 1.82) is 0 Å². The summed E-state index contributed by atoms with van der Waals surface area (Å²) in [6.45, 7) is 0. The van der Waals surface area contributed by atoms with E-state index in [1.165, 1.54) is 0 Å². The predicted molar refractivity (Wildman–Crippen MR) is 14.3 cm³/mol. The van der Waals surface area contributed by atoms with Gasteiger partial charge in [-0.3, -0.25) is 0 Å². The third kappa shape index (κ3) is 9.00. The van der Waals surface area contributed by atoms with Gasteiger partial charge in [0.15, 0.2) is 0 Å². The van der Waals surface area contributed by atoms with E-state index >= 15 is 0 Å². The summed E-state index contributed by atoms with van der Waals surface area (Å²) >= 11 is 0. The van der Waals surface area contributed by atoms with E-state index in [-0.39, 0.29) is 67.6 Å². The smallest absolute Gasteiger partial charge is 0 e. The van der Waals surface area contributed by atoms with Gasteiger partial charge in [-0.2, -0.15) is 0 Å². The van der Waals surface area contributed by atoms with Gasteiger partial charge in [-0.05, 0) is 0 Å². The van der Waals surface area contributed by atoms with Crippen LogP contribution in [0.15, 0.2) is 0 Å². The second-order valence-electron chi connectivity index (χ2n) is 0. The molecule has 0 aliphatic carbocycles. The summed E-state index contributed by atoms with van der Waals surface area (Å²) in [5.41, 5.74) is 0. The molecule has 0 heterocycles. The third-order valence-electron chi connectivity index (χ3n) is 0. The molecule has 0 fully saturated rings. The Morgan fingerprint density at radius 1 is 1.00 bits per heavy atom. The second kappa shape index (κ2) is 20.0. The van der Waals surface area contributed by atoms with Gasteiger partial charge >= 0.3 is 23.1 Å². The van der Waals surface area contributed by atoms with Crippen LogP contribution in [-0.2, 0) is 33.6 Å². The summed E-state index contributed by atoms with van der Waals surface area (Å²) in [5, 5.41) is 0. The molecule has 0 unspecified atom stereocenters. The zero-order chi connectivity index (χ0) is 0. The second-order valence-corrected chi connectivity index (χ2v) is 0. The minimum absolute atomic E-state index is 0. The Hall–Kier alpha value is 2.00. The molecule has 0 aromatic carbocycles. The molecule has 0 bridgehead atoms. The van der Waals surface area contributed by atoms with Crippen LogP contribution in [0.1, 0.15) is 0 Å². The summed E-state index contributed by atoms with van der Waals surface area (Å²) in [7, 11) is 0. The fraction of sp³-hybridized carbons (Fsp3) is 0. The number of hydrogen-bond donors (Lipinski definition) is 0. The molecule has 0 amide bonds. The van der Waals surface area contributed by atoms with Crippen molar-refractivity contribution < 1.29 is 33.6 Å². The first-order valence-electron chi connectivity index (χ1n) is 0. The van der Waals surface area contributed by atoms with Crippen LogP contribution in [0.25, 0.3) is 0 Å². The van der Waals surface area contributed by atoms with Gasteiger partial charge in [0.25, 0.3) is 0 Å². The van der Waals surface area contributed by atoms with Crippen molar-refractivity contribution >= 4 is 34.0 Å². The van der Waals surface area contributed by atoms with E-state index in [2.05, 4.69) is 0 Å². The van der Waals surface area contributed by atoms with Gasteiger partial charge in [-0.15, -0.1) is 0 Å². The molecule has 4 heteroatoms. The molecule has 0 atom stereocenters. The molecular weight excluding hydrogens is 175 g/mol. The Labute approximate surface area is 67.1 Å². The Morgan fingerprint density at radius 2 is 1.00 bits per heavy atom. The zero-order valence-electron chi connectivity index (χ0n) is 1.12. The van der Waals surface area contributed by atoms with Crippen molar-refractivity contribution in [3.05, 3.63) is 0 Å². The number of hydrogen-bond acceptors (Lipinski definition) is 0. The van der Waals surface area contributed by atoms with Crippen LogP contribution in [0, 0.1) is 0 Å². The molecule has 0 saturated carbocycles. The predicted octanol–water partition coefficient (Wildman–Crippen LogP) is -1.30. The van der Waals surface area contributed by atoms with Crippen molar-refractivity contribution in [2.75, 3.05) is 0 Å². The van der Waals surface area contributed by atoms with Gasteiger partial charge < -0.3 is 0 Å². The molecule has 5 radical (unpaired) electrons. The Bertz CT molecular complexity index is 8.00. The van der Waals surface area contributed by atoms with Crippen LogP contribution < -0.4 is 0 Å². The average Bonchev–Trinajstić information content (AvgIpc) is 0. The maximum Gasteiger partial charge on any atom is 0.316 e. The van der Waals surface area contributed by atoms with Gasteiger partial charge in [0.05, 0.1) is 0 Å². The van der Waals surface area contributed by atoms with Crippen LogP contribution >= 0.6 is 0 Å². The molecule has 0 rings (SSSR count). The fourth-order valence-corrected chi connectivity index (χ4v) is 0. The Balaban J connectivity index is 0. The first kappa shape index (κ1) is 37.6. The van der Waals surface area contributed by atoms with Crippen LogP contribution in [-0.4, -0.2) is 34.0 Å². The first-order chi connectivity index (χ1) is 0. The topological polar surface area (TPSA) is 0 Å². The van der Waals surface area contributed by atoms with Crippen LogP contribution in [0.2, 0.25) is 0 Å². The molecule has 0 N–H and O–H groups in total. The molecule has 0 saturated heterocycles. The number of rotatable bonds is 0. The maximum atomic E-state index is 0. The van der Waals surface area contributed by atoms with Crippen molar-refractivity contribution in [2.45, 2.75) is 0 Å². The van der Waals surface area contributed by atoms with E-state index in [4.69, 9.17) is 0 Å². The van der Waals surface area contributed by atoms with Crippen molar-refractivity contribution in [3.8, 4) is 0 Å². The van der Waals surface area contributed by atoms with Gasteiger partial charge in [-0.25, -0.2) is 0 Å². The van der Waals surface area contributed by atoms with E-state index in [1.54, 1.807) is 0 Å². The van der Waals surface area contributed by atoms with Crippen LogP contribution in [0.3, 0.4) is 0 Å². The minimum Gasteiger partial charge on any atom is 0 e. The van der Waals surface area contributed by atoms with E-state index in [0.29, 0.717) is 0 Å². The van der Waals surface area contributed by atoms with E-state index < -0.39 is 0 Å². The molecular formula is H2CuMgNiSi. The Morgan fingerprint density at radius 3 is 1.00 bits per heavy atom. The molecule has 0 nitrogen and oxygen atoms in total. The van der Waals surface area contributed by atoms with E-state index in [0.717, 1.165) is 0 Å². The molecule has 4 heavy (non-hydrogen) atoms. The minimum atomic E-state index is 0. The summed E-state index contributed by atoms with van der Waals surface area (Å²) < 4.78 is 0. The first-order valence-corrected chi connectivity index (χ1v) is 0. The summed E-state index contributed by atoms with van der Waals surface area (Å²) in [6, 6.07) is 0. The van der Waals surface area contributed by atoms with Gasteiger partial charge in [-0.1, -0.05) is 0 Å². The summed E-state index contributed by atoms with van der Waals surface area (Å²) in [5.74, 6) is 0. The monoisotopic (exact) mass is 175 g/mol. The molecule has 0 aliphatic rings. The average molecular weight is 177 g/mol. The molecule has 0 aliphatic heterocycles. The Kier molecular flexibility index (Phi) is 188. The maximum absolute atomic E-state index is 0. The normalized spacial score (nSPS) is 0. The van der Waals surface area contributed by atoms with Crippen molar-refractivity contribution in [2.24, 2.45) is 0 Å². The molecule has 29 valence electrons. The zero-order valence-corrected chi connectivity index (χ0v) is 4.05. The summed E-state index contributed by atoms with van der Waals surface area (Å²) in [4.78, 5) is 0. The molecule has 0 spiro atoms.